The molecule has 0 saturated heterocycles. The van der Waals surface area contributed by atoms with Gasteiger partial charge in [0, 0.05) is 12.1 Å². The smallest absolute Gasteiger partial charge is 0.341 e. The Hall–Kier alpha value is -1.55. The molecule has 1 aromatic rings. The molecule has 0 saturated carbocycles. The standard InChI is InChI=1S/C14H21NO3/c1-4-14(2,3)15-9-11-5-7-12(8-6-11)18-10-13(16)17/h5-8,15H,4,9-10H2,1-3H3,(H,16,17). The summed E-state index contributed by atoms with van der Waals surface area (Å²) in [6.45, 7) is 6.96. The number of rotatable bonds is 7. The van der Waals surface area contributed by atoms with Gasteiger partial charge in [-0.05, 0) is 38.0 Å². The van der Waals surface area contributed by atoms with Gasteiger partial charge in [0.1, 0.15) is 5.75 Å². The summed E-state index contributed by atoms with van der Waals surface area (Å²) in [7, 11) is 0. The second-order valence-corrected chi connectivity index (χ2v) is 4.92. The summed E-state index contributed by atoms with van der Waals surface area (Å²) in [6.07, 6.45) is 1.06. The van der Waals surface area contributed by atoms with Gasteiger partial charge in [-0.15, -0.1) is 0 Å². The Bertz CT molecular complexity index is 385. The molecule has 0 spiro atoms. The Kier molecular flexibility index (Phi) is 5.16. The van der Waals surface area contributed by atoms with Crippen LogP contribution < -0.4 is 10.1 Å². The van der Waals surface area contributed by atoms with E-state index in [0.717, 1.165) is 18.5 Å². The minimum absolute atomic E-state index is 0.123. The maximum atomic E-state index is 10.4. The fraction of sp³-hybridized carbons (Fsp3) is 0.500. The van der Waals surface area contributed by atoms with Gasteiger partial charge in [0.25, 0.3) is 0 Å². The molecule has 1 rings (SSSR count). The van der Waals surface area contributed by atoms with Crippen molar-refractivity contribution in [1.82, 2.24) is 5.32 Å². The normalized spacial score (nSPS) is 11.3. The van der Waals surface area contributed by atoms with Gasteiger partial charge in [0.15, 0.2) is 6.61 Å². The number of carboxylic acids is 1. The molecule has 0 atom stereocenters. The van der Waals surface area contributed by atoms with Crippen LogP contribution >= 0.6 is 0 Å². The zero-order valence-electron chi connectivity index (χ0n) is 11.2. The van der Waals surface area contributed by atoms with E-state index in [1.54, 1.807) is 12.1 Å². The van der Waals surface area contributed by atoms with Gasteiger partial charge in [-0.3, -0.25) is 0 Å². The van der Waals surface area contributed by atoms with E-state index in [4.69, 9.17) is 9.84 Å². The molecule has 18 heavy (non-hydrogen) atoms. The molecule has 2 N–H and O–H groups in total. The molecule has 4 nitrogen and oxygen atoms in total. The fourth-order valence-corrected chi connectivity index (χ4v) is 1.31. The molecule has 0 aliphatic heterocycles. The van der Waals surface area contributed by atoms with Crippen molar-refractivity contribution >= 4 is 5.97 Å². The summed E-state index contributed by atoms with van der Waals surface area (Å²) < 4.78 is 5.07. The lowest BCUT2D eigenvalue weighted by molar-refractivity contribution is -0.139. The molecule has 4 heteroatoms. The summed E-state index contributed by atoms with van der Waals surface area (Å²) in [5.74, 6) is -0.388. The molecule has 0 aromatic heterocycles. The lowest BCUT2D eigenvalue weighted by Crippen LogP contribution is -2.37. The quantitative estimate of drug-likeness (QED) is 0.781. The highest BCUT2D eigenvalue weighted by Crippen LogP contribution is 2.14. The minimum Gasteiger partial charge on any atom is -0.482 e. The van der Waals surface area contributed by atoms with E-state index in [2.05, 4.69) is 26.1 Å². The molecule has 0 aliphatic rings. The number of nitrogens with one attached hydrogen (secondary N) is 1. The van der Waals surface area contributed by atoms with Crippen LogP contribution in [0.4, 0.5) is 0 Å². The number of benzene rings is 1. The monoisotopic (exact) mass is 251 g/mol. The predicted molar refractivity (Wildman–Crippen MR) is 70.8 cm³/mol. The Balaban J connectivity index is 2.47. The number of hydrogen-bond acceptors (Lipinski definition) is 3. The van der Waals surface area contributed by atoms with Gasteiger partial charge < -0.3 is 15.2 Å². The van der Waals surface area contributed by atoms with Crippen molar-refractivity contribution in [3.05, 3.63) is 29.8 Å². The zero-order chi connectivity index (χ0) is 13.6. The molecule has 0 radical (unpaired) electrons. The van der Waals surface area contributed by atoms with E-state index in [1.807, 2.05) is 12.1 Å². The third-order valence-electron chi connectivity index (χ3n) is 2.94. The SMILES string of the molecule is CCC(C)(C)NCc1ccc(OCC(=O)O)cc1. The third-order valence-corrected chi connectivity index (χ3v) is 2.94. The van der Waals surface area contributed by atoms with Crippen LogP contribution in [0, 0.1) is 0 Å². The molecular formula is C14H21NO3. The molecule has 0 aliphatic carbocycles. The Morgan fingerprint density at radius 3 is 2.44 bits per heavy atom. The Labute approximate surface area is 108 Å². The molecular weight excluding hydrogens is 230 g/mol. The number of ether oxygens (including phenoxy) is 1. The van der Waals surface area contributed by atoms with Gasteiger partial charge in [-0.1, -0.05) is 19.1 Å². The molecule has 0 amide bonds. The van der Waals surface area contributed by atoms with Gasteiger partial charge in [-0.2, -0.15) is 0 Å². The Morgan fingerprint density at radius 2 is 1.94 bits per heavy atom. The molecule has 0 bridgehead atoms. The first-order valence-electron chi connectivity index (χ1n) is 6.11. The molecule has 0 fully saturated rings. The fourth-order valence-electron chi connectivity index (χ4n) is 1.31. The maximum absolute atomic E-state index is 10.4. The summed E-state index contributed by atoms with van der Waals surface area (Å²) in [4.78, 5) is 10.4. The minimum atomic E-state index is -0.967. The van der Waals surface area contributed by atoms with Crippen molar-refractivity contribution in [3.8, 4) is 5.75 Å². The van der Waals surface area contributed by atoms with E-state index in [-0.39, 0.29) is 12.1 Å². The van der Waals surface area contributed by atoms with Crippen LogP contribution in [0.1, 0.15) is 32.8 Å². The topological polar surface area (TPSA) is 58.6 Å². The predicted octanol–water partition coefficient (Wildman–Crippen LogP) is 2.43. The van der Waals surface area contributed by atoms with Crippen molar-refractivity contribution < 1.29 is 14.6 Å². The van der Waals surface area contributed by atoms with Gasteiger partial charge >= 0.3 is 5.97 Å². The number of carbonyl (C=O) groups is 1. The number of carboxylic acid groups (broad SMARTS) is 1. The van der Waals surface area contributed by atoms with Gasteiger partial charge in [0.05, 0.1) is 0 Å². The summed E-state index contributed by atoms with van der Waals surface area (Å²) >= 11 is 0. The Morgan fingerprint density at radius 1 is 1.33 bits per heavy atom. The second kappa shape index (κ2) is 6.40. The molecule has 100 valence electrons. The van der Waals surface area contributed by atoms with Crippen LogP contribution in [0.15, 0.2) is 24.3 Å². The van der Waals surface area contributed by atoms with Crippen molar-refractivity contribution in [2.24, 2.45) is 0 Å². The maximum Gasteiger partial charge on any atom is 0.341 e. The van der Waals surface area contributed by atoms with Crippen LogP contribution in [0.3, 0.4) is 0 Å². The largest absolute Gasteiger partial charge is 0.482 e. The lowest BCUT2D eigenvalue weighted by atomic mass is 10.0. The average Bonchev–Trinajstić information content (AvgIpc) is 2.35. The molecule has 0 unspecified atom stereocenters. The first-order chi connectivity index (χ1) is 8.43. The van der Waals surface area contributed by atoms with E-state index in [1.165, 1.54) is 0 Å². The molecule has 1 aromatic carbocycles. The first kappa shape index (κ1) is 14.5. The molecule has 0 heterocycles. The van der Waals surface area contributed by atoms with E-state index in [9.17, 15) is 4.79 Å². The van der Waals surface area contributed by atoms with Crippen LogP contribution in [0.25, 0.3) is 0 Å². The average molecular weight is 251 g/mol. The third kappa shape index (κ3) is 5.19. The zero-order valence-corrected chi connectivity index (χ0v) is 11.2. The highest BCUT2D eigenvalue weighted by atomic mass is 16.5. The van der Waals surface area contributed by atoms with Gasteiger partial charge in [-0.25, -0.2) is 4.79 Å². The van der Waals surface area contributed by atoms with Gasteiger partial charge in [0.2, 0.25) is 0 Å². The summed E-state index contributed by atoms with van der Waals surface area (Å²) in [5, 5.41) is 12.0. The van der Waals surface area contributed by atoms with Crippen molar-refractivity contribution in [2.75, 3.05) is 6.61 Å². The van der Waals surface area contributed by atoms with Crippen LogP contribution in [-0.4, -0.2) is 23.2 Å². The first-order valence-corrected chi connectivity index (χ1v) is 6.11. The van der Waals surface area contributed by atoms with Crippen molar-refractivity contribution in [2.45, 2.75) is 39.3 Å². The number of hydrogen-bond donors (Lipinski definition) is 2. The number of aliphatic carboxylic acids is 1. The van der Waals surface area contributed by atoms with E-state index < -0.39 is 5.97 Å². The highest BCUT2D eigenvalue weighted by Gasteiger charge is 2.13. The highest BCUT2D eigenvalue weighted by molar-refractivity contribution is 5.68. The van der Waals surface area contributed by atoms with Crippen molar-refractivity contribution in [1.29, 1.82) is 0 Å². The summed E-state index contributed by atoms with van der Waals surface area (Å²) in [5.41, 5.74) is 1.28. The van der Waals surface area contributed by atoms with Crippen LogP contribution in [-0.2, 0) is 11.3 Å². The van der Waals surface area contributed by atoms with Crippen LogP contribution in [0.5, 0.6) is 5.75 Å². The van der Waals surface area contributed by atoms with Crippen LogP contribution in [0.2, 0.25) is 0 Å². The summed E-state index contributed by atoms with van der Waals surface area (Å²) in [6, 6.07) is 7.46. The second-order valence-electron chi connectivity index (χ2n) is 4.92. The van der Waals surface area contributed by atoms with E-state index >= 15 is 0 Å². The lowest BCUT2D eigenvalue weighted by Gasteiger charge is -2.24. The van der Waals surface area contributed by atoms with Crippen molar-refractivity contribution in [3.63, 3.8) is 0 Å². The van der Waals surface area contributed by atoms with E-state index in [0.29, 0.717) is 5.75 Å².